The summed E-state index contributed by atoms with van der Waals surface area (Å²) >= 11 is 0. The first-order valence-electron chi connectivity index (χ1n) is 7.68. The second kappa shape index (κ2) is 6.28. The summed E-state index contributed by atoms with van der Waals surface area (Å²) in [6.07, 6.45) is 7.64. The minimum absolute atomic E-state index is 0.0472. The molecule has 0 saturated heterocycles. The lowest BCUT2D eigenvalue weighted by molar-refractivity contribution is 0.0893. The van der Waals surface area contributed by atoms with Gasteiger partial charge in [0.2, 0.25) is 5.56 Å². The number of carbonyl (C=O) groups excluding carboxylic acids is 1. The number of nitrogens with zero attached hydrogens (tertiary/aromatic N) is 2. The second-order valence-corrected chi connectivity index (χ2v) is 5.91. The lowest BCUT2D eigenvalue weighted by Gasteiger charge is -2.21. The minimum atomic E-state index is -0.210. The molecule has 1 aliphatic carbocycles. The summed E-state index contributed by atoms with van der Waals surface area (Å²) < 4.78 is 7.62. The van der Waals surface area contributed by atoms with Gasteiger partial charge in [0.1, 0.15) is 6.10 Å². The number of ether oxygens (including phenoxy) is 1. The Hall–Kier alpha value is -2.57. The number of aryl methyl sites for hydroxylation is 2. The molecule has 2 heterocycles. The number of carbonyl (C=O) groups is 1. The Morgan fingerprint density at radius 3 is 3.00 bits per heavy atom. The zero-order chi connectivity index (χ0) is 16.4. The molecule has 2 N–H and O–H groups in total. The Labute approximate surface area is 133 Å². The van der Waals surface area contributed by atoms with E-state index in [1.54, 1.807) is 17.8 Å². The van der Waals surface area contributed by atoms with Crippen LogP contribution in [-0.4, -0.2) is 32.8 Å². The van der Waals surface area contributed by atoms with Crippen LogP contribution in [0.15, 0.2) is 29.5 Å². The van der Waals surface area contributed by atoms with Gasteiger partial charge in [0.15, 0.2) is 5.75 Å². The van der Waals surface area contributed by atoms with Gasteiger partial charge in [0, 0.05) is 19.3 Å². The highest BCUT2D eigenvalue weighted by atomic mass is 16.5. The Kier molecular flexibility index (Phi) is 4.18. The summed E-state index contributed by atoms with van der Waals surface area (Å²) in [6.45, 7) is 1.75. The van der Waals surface area contributed by atoms with Crippen molar-refractivity contribution >= 4 is 5.91 Å². The van der Waals surface area contributed by atoms with Crippen LogP contribution in [0.1, 0.15) is 35.2 Å². The maximum atomic E-state index is 12.4. The lowest BCUT2D eigenvalue weighted by atomic mass is 10.1. The standard InChI is InChI=1S/C16H20N4O3/c1-10-6-15(21)17-8-12(10)16(22)19-13-4-3-5-14(13)23-11-7-18-20(2)9-11/h6-9,13-14H,3-5H2,1-2H3,(H,17,21)(H,19,22)/t13-,14+/m0/s1. The number of H-pyrrole nitrogens is 1. The van der Waals surface area contributed by atoms with Gasteiger partial charge in [-0.05, 0) is 31.7 Å². The molecule has 0 bridgehead atoms. The molecule has 1 aliphatic rings. The molecule has 1 fully saturated rings. The van der Waals surface area contributed by atoms with Crippen LogP contribution in [0, 0.1) is 6.92 Å². The predicted molar refractivity (Wildman–Crippen MR) is 84.5 cm³/mol. The molecule has 2 aromatic rings. The van der Waals surface area contributed by atoms with Crippen molar-refractivity contribution in [3.8, 4) is 5.75 Å². The van der Waals surface area contributed by atoms with Crippen LogP contribution in [0.5, 0.6) is 5.75 Å². The highest BCUT2D eigenvalue weighted by Crippen LogP contribution is 2.24. The minimum Gasteiger partial charge on any atom is -0.485 e. The van der Waals surface area contributed by atoms with Crippen molar-refractivity contribution in [2.75, 3.05) is 0 Å². The third-order valence-corrected chi connectivity index (χ3v) is 4.11. The zero-order valence-corrected chi connectivity index (χ0v) is 13.2. The van der Waals surface area contributed by atoms with Gasteiger partial charge in [-0.3, -0.25) is 14.3 Å². The van der Waals surface area contributed by atoms with E-state index in [2.05, 4.69) is 15.4 Å². The fourth-order valence-corrected chi connectivity index (χ4v) is 2.93. The predicted octanol–water partition coefficient (Wildman–Crippen LogP) is 1.15. The Bertz CT molecular complexity index is 765. The molecule has 1 amide bonds. The molecule has 7 nitrogen and oxygen atoms in total. The van der Waals surface area contributed by atoms with E-state index in [9.17, 15) is 9.59 Å². The quantitative estimate of drug-likeness (QED) is 0.885. The van der Waals surface area contributed by atoms with Crippen LogP contribution >= 0.6 is 0 Å². The SMILES string of the molecule is Cc1cc(=O)[nH]cc1C(=O)N[C@H]1CCC[C@H]1Oc1cnn(C)c1. The van der Waals surface area contributed by atoms with Gasteiger partial charge in [-0.25, -0.2) is 0 Å². The van der Waals surface area contributed by atoms with Crippen LogP contribution < -0.4 is 15.6 Å². The van der Waals surface area contributed by atoms with Gasteiger partial charge in [-0.2, -0.15) is 5.10 Å². The van der Waals surface area contributed by atoms with Crippen molar-refractivity contribution in [2.45, 2.75) is 38.3 Å². The van der Waals surface area contributed by atoms with Crippen LogP contribution in [0.25, 0.3) is 0 Å². The summed E-state index contributed by atoms with van der Waals surface area (Å²) in [7, 11) is 1.83. The van der Waals surface area contributed by atoms with Crippen LogP contribution in [0.4, 0.5) is 0 Å². The van der Waals surface area contributed by atoms with E-state index >= 15 is 0 Å². The van der Waals surface area contributed by atoms with E-state index in [1.165, 1.54) is 12.3 Å². The van der Waals surface area contributed by atoms with Gasteiger partial charge < -0.3 is 15.0 Å². The fourth-order valence-electron chi connectivity index (χ4n) is 2.93. The average molecular weight is 316 g/mol. The molecule has 3 rings (SSSR count). The third kappa shape index (κ3) is 3.44. The van der Waals surface area contributed by atoms with E-state index in [0.717, 1.165) is 19.3 Å². The molecule has 0 aliphatic heterocycles. The number of aromatic nitrogens is 3. The van der Waals surface area contributed by atoms with Crippen molar-refractivity contribution in [3.63, 3.8) is 0 Å². The van der Waals surface area contributed by atoms with Crippen molar-refractivity contribution in [1.29, 1.82) is 0 Å². The normalized spacial score (nSPS) is 20.4. The highest BCUT2D eigenvalue weighted by molar-refractivity contribution is 5.95. The van der Waals surface area contributed by atoms with E-state index < -0.39 is 0 Å². The average Bonchev–Trinajstić information content (AvgIpc) is 3.09. The van der Waals surface area contributed by atoms with Gasteiger partial charge in [-0.1, -0.05) is 0 Å². The fraction of sp³-hybridized carbons (Fsp3) is 0.438. The zero-order valence-electron chi connectivity index (χ0n) is 13.2. The van der Waals surface area contributed by atoms with Crippen molar-refractivity contribution in [1.82, 2.24) is 20.1 Å². The summed E-state index contributed by atoms with van der Waals surface area (Å²) in [5.74, 6) is 0.518. The maximum absolute atomic E-state index is 12.4. The number of nitrogens with one attached hydrogen (secondary N) is 2. The number of pyridine rings is 1. The monoisotopic (exact) mass is 316 g/mol. The number of hydrogen-bond donors (Lipinski definition) is 2. The van der Waals surface area contributed by atoms with Crippen molar-refractivity contribution < 1.29 is 9.53 Å². The number of rotatable bonds is 4. The molecule has 0 aromatic carbocycles. The van der Waals surface area contributed by atoms with E-state index in [0.29, 0.717) is 16.9 Å². The van der Waals surface area contributed by atoms with Crippen molar-refractivity contribution in [3.05, 3.63) is 46.1 Å². The molecular weight excluding hydrogens is 296 g/mol. The Balaban J connectivity index is 1.68. The Morgan fingerprint density at radius 2 is 2.30 bits per heavy atom. The summed E-state index contributed by atoms with van der Waals surface area (Å²) in [5, 5.41) is 7.10. The molecule has 7 heteroatoms. The van der Waals surface area contributed by atoms with E-state index in [4.69, 9.17) is 4.74 Å². The van der Waals surface area contributed by atoms with Crippen LogP contribution in [0.3, 0.4) is 0 Å². The highest BCUT2D eigenvalue weighted by Gasteiger charge is 2.31. The van der Waals surface area contributed by atoms with E-state index in [1.807, 2.05) is 13.2 Å². The maximum Gasteiger partial charge on any atom is 0.253 e. The first-order chi connectivity index (χ1) is 11.0. The lowest BCUT2D eigenvalue weighted by Crippen LogP contribution is -2.42. The molecule has 0 radical (unpaired) electrons. The number of aromatic amines is 1. The first-order valence-corrected chi connectivity index (χ1v) is 7.68. The van der Waals surface area contributed by atoms with Gasteiger partial charge >= 0.3 is 0 Å². The largest absolute Gasteiger partial charge is 0.485 e. The first kappa shape index (κ1) is 15.3. The molecule has 122 valence electrons. The molecule has 2 atom stereocenters. The summed E-state index contributed by atoms with van der Waals surface area (Å²) in [5.41, 5.74) is 0.934. The Morgan fingerprint density at radius 1 is 1.48 bits per heavy atom. The van der Waals surface area contributed by atoms with Crippen molar-refractivity contribution in [2.24, 2.45) is 7.05 Å². The second-order valence-electron chi connectivity index (χ2n) is 5.91. The number of hydrogen-bond acceptors (Lipinski definition) is 4. The summed E-state index contributed by atoms with van der Waals surface area (Å²) in [4.78, 5) is 26.2. The molecule has 0 spiro atoms. The third-order valence-electron chi connectivity index (χ3n) is 4.11. The van der Waals surface area contributed by atoms with Gasteiger partial charge in [-0.15, -0.1) is 0 Å². The molecular formula is C16H20N4O3. The van der Waals surface area contributed by atoms with Gasteiger partial charge in [0.05, 0.1) is 24.0 Å². The van der Waals surface area contributed by atoms with Crippen LogP contribution in [-0.2, 0) is 7.05 Å². The number of amides is 1. The molecule has 2 aromatic heterocycles. The summed E-state index contributed by atoms with van der Waals surface area (Å²) in [6, 6.07) is 1.38. The van der Waals surface area contributed by atoms with Crippen LogP contribution in [0.2, 0.25) is 0 Å². The smallest absolute Gasteiger partial charge is 0.253 e. The molecule has 0 unspecified atom stereocenters. The molecule has 23 heavy (non-hydrogen) atoms. The molecule has 1 saturated carbocycles. The topological polar surface area (TPSA) is 89.0 Å². The van der Waals surface area contributed by atoms with Gasteiger partial charge in [0.25, 0.3) is 5.91 Å². The van der Waals surface area contributed by atoms with E-state index in [-0.39, 0.29) is 23.6 Å².